The third kappa shape index (κ3) is 5.13. The number of nitrogens with two attached hydrogens (primary N) is 1. The molecule has 0 bridgehead atoms. The molecule has 11 nitrogen and oxygen atoms in total. The van der Waals surface area contributed by atoms with Crippen LogP contribution in [0, 0.1) is 5.92 Å². The molecular weight excluding hydrogens is 438 g/mol. The van der Waals surface area contributed by atoms with E-state index in [4.69, 9.17) is 10.2 Å². The summed E-state index contributed by atoms with van der Waals surface area (Å²) in [6.07, 6.45) is 4.99. The summed E-state index contributed by atoms with van der Waals surface area (Å²) in [4.78, 5) is 42.1. The third-order valence-corrected chi connectivity index (χ3v) is 6.85. The number of amides is 1. The summed E-state index contributed by atoms with van der Waals surface area (Å²) in [7, 11) is -3.47. The minimum atomic E-state index is -3.47. The van der Waals surface area contributed by atoms with Crippen LogP contribution >= 0.6 is 0 Å². The summed E-state index contributed by atoms with van der Waals surface area (Å²) >= 11 is 0. The molecular formula is C20H29N5O6S. The number of rotatable bonds is 8. The predicted octanol–water partition coefficient (Wildman–Crippen LogP) is 0.717. The zero-order chi connectivity index (χ0) is 23.5. The van der Waals surface area contributed by atoms with Gasteiger partial charge < -0.3 is 10.2 Å². The molecule has 1 fully saturated rings. The second kappa shape index (κ2) is 9.74. The van der Waals surface area contributed by atoms with Crippen LogP contribution in [0.2, 0.25) is 0 Å². The number of unbranched alkanes of at least 4 members (excludes halogenated alkanes) is 1. The lowest BCUT2D eigenvalue weighted by Gasteiger charge is -2.33. The van der Waals surface area contributed by atoms with Crippen LogP contribution in [0.15, 0.2) is 32.4 Å². The number of nitrogens with zero attached hydrogens (tertiary/aromatic N) is 3. The fourth-order valence-electron chi connectivity index (χ4n) is 3.87. The second-order valence-corrected chi connectivity index (χ2v) is 9.94. The molecule has 1 aliphatic rings. The summed E-state index contributed by atoms with van der Waals surface area (Å²) in [5, 5.41) is 0. The van der Waals surface area contributed by atoms with E-state index in [0.717, 1.165) is 12.7 Å². The Labute approximate surface area is 185 Å². The van der Waals surface area contributed by atoms with Crippen LogP contribution in [0.25, 0.3) is 0 Å². The van der Waals surface area contributed by atoms with Crippen molar-refractivity contribution in [3.05, 3.63) is 45.0 Å². The van der Waals surface area contributed by atoms with Gasteiger partial charge in [-0.2, -0.15) is 0 Å². The number of hydrogen-bond donors (Lipinski definition) is 2. The molecule has 12 heteroatoms. The van der Waals surface area contributed by atoms with E-state index in [2.05, 4.69) is 4.98 Å². The van der Waals surface area contributed by atoms with Crippen LogP contribution < -0.4 is 21.9 Å². The third-order valence-electron chi connectivity index (χ3n) is 5.58. The minimum absolute atomic E-state index is 0.0135. The average Bonchev–Trinajstić information content (AvgIpc) is 3.25. The maximum atomic E-state index is 13.6. The number of furan rings is 1. The molecule has 2 aromatic rings. The van der Waals surface area contributed by atoms with Gasteiger partial charge in [-0.25, -0.2) is 17.5 Å². The normalized spacial score (nSPS) is 17.4. The fraction of sp³-hybridized carbons (Fsp3) is 0.550. The van der Waals surface area contributed by atoms with Gasteiger partial charge in [0.25, 0.3) is 5.56 Å². The number of nitrogen functional groups attached to an aromatic ring is 1. The van der Waals surface area contributed by atoms with Gasteiger partial charge in [-0.1, -0.05) is 13.3 Å². The zero-order valence-corrected chi connectivity index (χ0v) is 19.1. The number of anilines is 2. The number of aromatic nitrogens is 2. The number of sulfonamides is 1. The van der Waals surface area contributed by atoms with Gasteiger partial charge in [0.2, 0.25) is 15.9 Å². The van der Waals surface area contributed by atoms with Gasteiger partial charge >= 0.3 is 5.69 Å². The highest BCUT2D eigenvalue weighted by molar-refractivity contribution is 7.88. The number of H-pyrrole nitrogens is 1. The first-order valence-electron chi connectivity index (χ1n) is 10.5. The largest absolute Gasteiger partial charge is 0.467 e. The van der Waals surface area contributed by atoms with Gasteiger partial charge in [-0.05, 0) is 31.4 Å². The summed E-state index contributed by atoms with van der Waals surface area (Å²) in [5.41, 5.74) is 4.67. The number of nitrogens with one attached hydrogen (secondary N) is 1. The molecule has 1 atom stereocenters. The van der Waals surface area contributed by atoms with Gasteiger partial charge in [-0.15, -0.1) is 0 Å². The van der Waals surface area contributed by atoms with Gasteiger partial charge in [-0.3, -0.25) is 24.0 Å². The van der Waals surface area contributed by atoms with Crippen LogP contribution in [-0.4, -0.2) is 47.5 Å². The molecule has 0 spiro atoms. The number of carbonyl (C=O) groups is 1. The van der Waals surface area contributed by atoms with Gasteiger partial charge in [0.15, 0.2) is 5.69 Å². The first-order valence-corrected chi connectivity index (χ1v) is 12.4. The fourth-order valence-corrected chi connectivity index (χ4v) is 4.78. The van der Waals surface area contributed by atoms with E-state index in [1.165, 1.54) is 20.0 Å². The lowest BCUT2D eigenvalue weighted by Crippen LogP contribution is -2.48. The number of aromatic amines is 1. The monoisotopic (exact) mass is 467 g/mol. The van der Waals surface area contributed by atoms with Crippen molar-refractivity contribution in [3.8, 4) is 0 Å². The maximum absolute atomic E-state index is 13.6. The Morgan fingerprint density at radius 2 is 2.12 bits per heavy atom. The number of hydrogen-bond acceptors (Lipinski definition) is 7. The van der Waals surface area contributed by atoms with E-state index in [9.17, 15) is 22.8 Å². The van der Waals surface area contributed by atoms with Crippen molar-refractivity contribution in [1.29, 1.82) is 0 Å². The topological polar surface area (TPSA) is 152 Å². The molecule has 0 aromatic carbocycles. The molecule has 0 radical (unpaired) electrons. The Hall–Kier alpha value is -2.86. The van der Waals surface area contributed by atoms with Crippen molar-refractivity contribution in [1.82, 2.24) is 13.9 Å². The molecule has 0 aliphatic carbocycles. The molecule has 3 heterocycles. The Kier molecular flexibility index (Phi) is 7.24. The van der Waals surface area contributed by atoms with Crippen LogP contribution in [0.4, 0.5) is 11.5 Å². The Bertz CT molecular complexity index is 1170. The number of carbonyl (C=O) groups excluding carboxylic acids is 1. The van der Waals surface area contributed by atoms with E-state index >= 15 is 0 Å². The number of piperidine rings is 1. The Balaban J connectivity index is 2.05. The minimum Gasteiger partial charge on any atom is -0.467 e. The molecule has 1 aliphatic heterocycles. The van der Waals surface area contributed by atoms with Gasteiger partial charge in [0.1, 0.15) is 11.6 Å². The molecule has 1 unspecified atom stereocenters. The van der Waals surface area contributed by atoms with Crippen molar-refractivity contribution >= 4 is 27.4 Å². The molecule has 3 rings (SSSR count). The first-order chi connectivity index (χ1) is 15.1. The lowest BCUT2D eigenvalue weighted by molar-refractivity contribution is -0.123. The second-order valence-electron chi connectivity index (χ2n) is 7.96. The SMILES string of the molecule is CCCCn1c(N)c(N(Cc2ccco2)C(=O)C2CCCN(S(C)(=O)=O)C2)c(=O)[nH]c1=O. The highest BCUT2D eigenvalue weighted by Crippen LogP contribution is 2.26. The standard InChI is InChI=1S/C20H29N5O6S/c1-3-4-10-24-17(21)16(18(26)22-20(24)28)25(13-15-8-6-11-31-15)19(27)14-7-5-9-23(12-14)32(2,29)30/h6,8,11,14H,3-5,7,9-10,12-13,21H2,1-2H3,(H,22,26,28). The summed E-state index contributed by atoms with van der Waals surface area (Å²) in [5.74, 6) is -0.807. The summed E-state index contributed by atoms with van der Waals surface area (Å²) < 4.78 is 31.9. The summed E-state index contributed by atoms with van der Waals surface area (Å²) in [6, 6.07) is 3.31. The molecule has 1 amide bonds. The van der Waals surface area contributed by atoms with Crippen molar-refractivity contribution in [3.63, 3.8) is 0 Å². The van der Waals surface area contributed by atoms with Crippen molar-refractivity contribution in [2.75, 3.05) is 30.0 Å². The van der Waals surface area contributed by atoms with Crippen LogP contribution in [0.3, 0.4) is 0 Å². The van der Waals surface area contributed by atoms with E-state index in [1.54, 1.807) is 12.1 Å². The molecule has 2 aromatic heterocycles. The van der Waals surface area contributed by atoms with Crippen molar-refractivity contribution in [2.24, 2.45) is 5.92 Å². The van der Waals surface area contributed by atoms with E-state index < -0.39 is 33.1 Å². The summed E-state index contributed by atoms with van der Waals surface area (Å²) in [6.45, 7) is 2.52. The van der Waals surface area contributed by atoms with Crippen molar-refractivity contribution < 1.29 is 17.6 Å². The average molecular weight is 468 g/mol. The molecule has 3 N–H and O–H groups in total. The lowest BCUT2D eigenvalue weighted by atomic mass is 9.97. The molecule has 1 saturated heterocycles. The van der Waals surface area contributed by atoms with Crippen LogP contribution in [0.5, 0.6) is 0 Å². The van der Waals surface area contributed by atoms with Crippen LogP contribution in [-0.2, 0) is 27.9 Å². The quantitative estimate of drug-likeness (QED) is 0.580. The maximum Gasteiger partial charge on any atom is 0.330 e. The highest BCUT2D eigenvalue weighted by Gasteiger charge is 2.35. The van der Waals surface area contributed by atoms with Gasteiger partial charge in [0.05, 0.1) is 25.0 Å². The molecule has 0 saturated carbocycles. The van der Waals surface area contributed by atoms with E-state index in [-0.39, 0.29) is 24.6 Å². The van der Waals surface area contributed by atoms with E-state index in [1.807, 2.05) is 6.92 Å². The Morgan fingerprint density at radius 3 is 2.75 bits per heavy atom. The Morgan fingerprint density at radius 1 is 1.38 bits per heavy atom. The van der Waals surface area contributed by atoms with E-state index in [0.29, 0.717) is 38.1 Å². The highest BCUT2D eigenvalue weighted by atomic mass is 32.2. The zero-order valence-electron chi connectivity index (χ0n) is 18.2. The van der Waals surface area contributed by atoms with Gasteiger partial charge in [0, 0.05) is 19.6 Å². The van der Waals surface area contributed by atoms with Crippen LogP contribution in [0.1, 0.15) is 38.4 Å². The predicted molar refractivity (Wildman–Crippen MR) is 120 cm³/mol. The van der Waals surface area contributed by atoms with Crippen molar-refractivity contribution in [2.45, 2.75) is 45.7 Å². The first kappa shape index (κ1) is 23.8. The smallest absolute Gasteiger partial charge is 0.330 e. The molecule has 176 valence electrons. The molecule has 32 heavy (non-hydrogen) atoms.